The van der Waals surface area contributed by atoms with Crippen molar-refractivity contribution < 1.29 is 19.2 Å². The molecule has 0 bridgehead atoms. The molecule has 0 saturated carbocycles. The fourth-order valence-corrected chi connectivity index (χ4v) is 2.53. The lowest BCUT2D eigenvalue weighted by atomic mass is 10.0. The number of ether oxygens (including phenoxy) is 1. The lowest BCUT2D eigenvalue weighted by Gasteiger charge is -2.19. The summed E-state index contributed by atoms with van der Waals surface area (Å²) in [4.78, 5) is 30.7. The van der Waals surface area contributed by atoms with Crippen LogP contribution in [0.1, 0.15) is 12.0 Å². The number of fused-ring (bicyclic) bond motifs is 2. The number of hydroxylamine groups is 2. The highest BCUT2D eigenvalue weighted by atomic mass is 16.7. The maximum atomic E-state index is 12.4. The molecule has 20 heavy (non-hydrogen) atoms. The van der Waals surface area contributed by atoms with Crippen molar-refractivity contribution in [2.24, 2.45) is 0 Å². The molecule has 2 amide bonds. The predicted molar refractivity (Wildman–Crippen MR) is 70.8 cm³/mol. The number of hydrogen-bond acceptors (Lipinski definition) is 4. The Balaban J connectivity index is 1.78. The quantitative estimate of drug-likeness (QED) is 0.599. The summed E-state index contributed by atoms with van der Waals surface area (Å²) in [6, 6.07) is 7.56. The van der Waals surface area contributed by atoms with Crippen molar-refractivity contribution in [1.82, 2.24) is 5.06 Å². The number of carbonyl (C=O) groups excluding carboxylic acids is 2. The van der Waals surface area contributed by atoms with E-state index in [0.29, 0.717) is 13.2 Å². The number of benzene rings is 1. The summed E-state index contributed by atoms with van der Waals surface area (Å²) in [7, 11) is 2.98. The van der Waals surface area contributed by atoms with Crippen molar-refractivity contribution in [2.45, 2.75) is 12.0 Å². The topological polar surface area (TPSA) is 62.4 Å². The van der Waals surface area contributed by atoms with Gasteiger partial charge in [0.1, 0.15) is 0 Å². The summed E-state index contributed by atoms with van der Waals surface area (Å²) in [5.41, 5.74) is 0.952. The van der Waals surface area contributed by atoms with Crippen molar-refractivity contribution in [3.63, 3.8) is 0 Å². The number of amides is 2. The molecule has 1 aromatic rings. The summed E-state index contributed by atoms with van der Waals surface area (Å²) in [5, 5.41) is 1.16. The number of para-hydroxylation sites is 1. The van der Waals surface area contributed by atoms with Gasteiger partial charge >= 0.3 is 0 Å². The number of rotatable bonds is 4. The standard InChI is InChI=1S/C14H16N2O4/c1-15(19-2)12(17)7-8-16-11-6-4-3-5-10(11)14(9-20-14)13(16)18/h3-6H,7-9H2,1-2H3. The minimum Gasteiger partial charge on any atom is -0.354 e. The monoisotopic (exact) mass is 276 g/mol. The highest BCUT2D eigenvalue weighted by Gasteiger charge is 2.61. The first-order chi connectivity index (χ1) is 9.60. The van der Waals surface area contributed by atoms with Crippen molar-refractivity contribution in [1.29, 1.82) is 0 Å². The zero-order valence-corrected chi connectivity index (χ0v) is 11.5. The van der Waals surface area contributed by atoms with Gasteiger partial charge in [0.25, 0.3) is 5.91 Å². The van der Waals surface area contributed by atoms with Gasteiger partial charge in [-0.05, 0) is 6.07 Å². The van der Waals surface area contributed by atoms with E-state index in [-0.39, 0.29) is 18.2 Å². The van der Waals surface area contributed by atoms with Gasteiger partial charge in [-0.1, -0.05) is 18.2 Å². The third-order valence-electron chi connectivity index (χ3n) is 3.83. The van der Waals surface area contributed by atoms with Crippen LogP contribution in [0.4, 0.5) is 5.69 Å². The molecule has 1 saturated heterocycles. The molecule has 106 valence electrons. The van der Waals surface area contributed by atoms with E-state index in [1.165, 1.54) is 7.11 Å². The summed E-state index contributed by atoms with van der Waals surface area (Å²) in [5.74, 6) is -0.248. The van der Waals surface area contributed by atoms with Crippen molar-refractivity contribution >= 4 is 17.5 Å². The normalized spacial score (nSPS) is 23.1. The Kier molecular flexibility index (Phi) is 2.99. The molecule has 6 nitrogen and oxygen atoms in total. The van der Waals surface area contributed by atoms with E-state index in [0.717, 1.165) is 16.3 Å². The van der Waals surface area contributed by atoms with E-state index in [1.54, 1.807) is 11.9 Å². The van der Waals surface area contributed by atoms with Gasteiger partial charge in [0.2, 0.25) is 5.91 Å². The summed E-state index contributed by atoms with van der Waals surface area (Å²) in [6.07, 6.45) is 0.209. The Morgan fingerprint density at radius 1 is 1.50 bits per heavy atom. The van der Waals surface area contributed by atoms with E-state index >= 15 is 0 Å². The minimum absolute atomic E-state index is 0.0773. The second kappa shape index (κ2) is 4.57. The van der Waals surface area contributed by atoms with Crippen LogP contribution < -0.4 is 4.90 Å². The Bertz CT molecular complexity index is 568. The third kappa shape index (κ3) is 1.80. The third-order valence-corrected chi connectivity index (χ3v) is 3.83. The highest BCUT2D eigenvalue weighted by molar-refractivity contribution is 6.08. The van der Waals surface area contributed by atoms with Gasteiger partial charge in [0.15, 0.2) is 5.60 Å². The zero-order chi connectivity index (χ0) is 14.3. The molecular formula is C14H16N2O4. The average molecular weight is 276 g/mol. The first-order valence-electron chi connectivity index (χ1n) is 6.46. The molecule has 0 aromatic heterocycles. The van der Waals surface area contributed by atoms with Crippen LogP contribution in [0.25, 0.3) is 0 Å². The molecule has 1 unspecified atom stereocenters. The molecule has 2 aliphatic heterocycles. The molecule has 0 aliphatic carbocycles. The molecule has 1 aromatic carbocycles. The van der Waals surface area contributed by atoms with Crippen LogP contribution in [0.5, 0.6) is 0 Å². The van der Waals surface area contributed by atoms with Crippen molar-refractivity contribution in [3.8, 4) is 0 Å². The molecule has 0 radical (unpaired) electrons. The van der Waals surface area contributed by atoms with E-state index in [9.17, 15) is 9.59 Å². The van der Waals surface area contributed by atoms with Crippen LogP contribution in [-0.2, 0) is 24.8 Å². The lowest BCUT2D eigenvalue weighted by Crippen LogP contribution is -2.36. The molecule has 1 spiro atoms. The van der Waals surface area contributed by atoms with Gasteiger partial charge < -0.3 is 9.64 Å². The largest absolute Gasteiger partial charge is 0.354 e. The second-order valence-corrected chi connectivity index (χ2v) is 4.91. The summed E-state index contributed by atoms with van der Waals surface area (Å²) < 4.78 is 5.39. The molecule has 0 N–H and O–H groups in total. The van der Waals surface area contributed by atoms with Crippen LogP contribution in [0, 0.1) is 0 Å². The van der Waals surface area contributed by atoms with E-state index in [2.05, 4.69) is 0 Å². The van der Waals surface area contributed by atoms with Crippen molar-refractivity contribution in [3.05, 3.63) is 29.8 Å². The number of hydrogen-bond donors (Lipinski definition) is 0. The molecule has 1 fully saturated rings. The van der Waals surface area contributed by atoms with Gasteiger partial charge in [-0.25, -0.2) is 5.06 Å². The first kappa shape index (κ1) is 13.1. The zero-order valence-electron chi connectivity index (χ0n) is 11.5. The SMILES string of the molecule is CON(C)C(=O)CCN1C(=O)C2(CO2)c2ccccc21. The number of anilines is 1. The highest BCUT2D eigenvalue weighted by Crippen LogP contribution is 2.50. The maximum absolute atomic E-state index is 12.4. The average Bonchev–Trinajstić information content (AvgIpc) is 3.24. The first-order valence-corrected chi connectivity index (χ1v) is 6.46. The van der Waals surface area contributed by atoms with Crippen LogP contribution >= 0.6 is 0 Å². The van der Waals surface area contributed by atoms with Gasteiger partial charge in [-0.2, -0.15) is 0 Å². The van der Waals surface area contributed by atoms with Gasteiger partial charge in [0.05, 0.1) is 19.4 Å². The Hall–Kier alpha value is -1.92. The summed E-state index contributed by atoms with van der Waals surface area (Å²) in [6.45, 7) is 0.749. The number of epoxide rings is 1. The van der Waals surface area contributed by atoms with Crippen LogP contribution in [0.2, 0.25) is 0 Å². The Morgan fingerprint density at radius 3 is 2.85 bits per heavy atom. The molecule has 2 aliphatic rings. The Labute approximate surface area is 116 Å². The molecule has 6 heteroatoms. The van der Waals surface area contributed by atoms with E-state index in [4.69, 9.17) is 9.57 Å². The van der Waals surface area contributed by atoms with Crippen molar-refractivity contribution in [2.75, 3.05) is 32.2 Å². The number of carbonyl (C=O) groups is 2. The van der Waals surface area contributed by atoms with Gasteiger partial charge in [-0.3, -0.25) is 14.4 Å². The van der Waals surface area contributed by atoms with Gasteiger partial charge in [0, 0.05) is 25.6 Å². The predicted octanol–water partition coefficient (Wildman–Crippen LogP) is 0.669. The minimum atomic E-state index is -0.785. The van der Waals surface area contributed by atoms with Crippen LogP contribution in [0.15, 0.2) is 24.3 Å². The molecule has 1 atom stereocenters. The molecular weight excluding hydrogens is 260 g/mol. The maximum Gasteiger partial charge on any atom is 0.266 e. The Morgan fingerprint density at radius 2 is 2.20 bits per heavy atom. The van der Waals surface area contributed by atoms with Crippen LogP contribution in [0.3, 0.4) is 0 Å². The smallest absolute Gasteiger partial charge is 0.266 e. The lowest BCUT2D eigenvalue weighted by molar-refractivity contribution is -0.168. The fraction of sp³-hybridized carbons (Fsp3) is 0.429. The second-order valence-electron chi connectivity index (χ2n) is 4.91. The van der Waals surface area contributed by atoms with E-state index < -0.39 is 5.60 Å². The van der Waals surface area contributed by atoms with Crippen LogP contribution in [-0.4, -0.2) is 44.2 Å². The van der Waals surface area contributed by atoms with E-state index in [1.807, 2.05) is 24.3 Å². The summed E-state index contributed by atoms with van der Waals surface area (Å²) >= 11 is 0. The molecule has 2 heterocycles. The fourth-order valence-electron chi connectivity index (χ4n) is 2.53. The van der Waals surface area contributed by atoms with Gasteiger partial charge in [-0.15, -0.1) is 0 Å². The number of nitrogens with zero attached hydrogens (tertiary/aromatic N) is 2. The molecule has 3 rings (SSSR count).